The van der Waals surface area contributed by atoms with Gasteiger partial charge in [-0.2, -0.15) is 0 Å². The van der Waals surface area contributed by atoms with Crippen LogP contribution < -0.4 is 10.2 Å². The van der Waals surface area contributed by atoms with Crippen molar-refractivity contribution in [1.29, 1.82) is 0 Å². The summed E-state index contributed by atoms with van der Waals surface area (Å²) in [5.41, 5.74) is 2.99. The number of aryl methyl sites for hydroxylation is 2. The Hall–Kier alpha value is -2.74. The average Bonchev–Trinajstić information content (AvgIpc) is 3.42. The normalized spacial score (nSPS) is 15.1. The van der Waals surface area contributed by atoms with Crippen molar-refractivity contribution in [2.75, 3.05) is 23.3 Å². The molecule has 0 bridgehead atoms. The molecule has 1 aromatic carbocycles. The average molecular weight is 440 g/mol. The van der Waals surface area contributed by atoms with E-state index in [4.69, 9.17) is 4.42 Å². The van der Waals surface area contributed by atoms with Gasteiger partial charge in [-0.15, -0.1) is 10.2 Å². The number of rotatable bonds is 7. The van der Waals surface area contributed by atoms with E-state index in [1.807, 2.05) is 51.1 Å². The van der Waals surface area contributed by atoms with E-state index in [0.717, 1.165) is 59.6 Å². The first kappa shape index (κ1) is 21.5. The van der Waals surface area contributed by atoms with Gasteiger partial charge in [0.15, 0.2) is 5.16 Å². The molecule has 3 heterocycles. The van der Waals surface area contributed by atoms with Crippen molar-refractivity contribution in [3.63, 3.8) is 0 Å². The van der Waals surface area contributed by atoms with Crippen LogP contribution in [0.5, 0.6) is 0 Å². The third kappa shape index (κ3) is 4.95. The minimum atomic E-state index is -0.326. The van der Waals surface area contributed by atoms with Gasteiger partial charge in [-0.05, 0) is 63.3 Å². The maximum absolute atomic E-state index is 12.9. The molecule has 8 heteroatoms. The summed E-state index contributed by atoms with van der Waals surface area (Å²) in [6.07, 6.45) is 5.24. The van der Waals surface area contributed by atoms with E-state index in [0.29, 0.717) is 6.54 Å². The zero-order chi connectivity index (χ0) is 21.8. The summed E-state index contributed by atoms with van der Waals surface area (Å²) < 4.78 is 7.65. The molecule has 1 amide bonds. The second-order valence-electron chi connectivity index (χ2n) is 8.01. The van der Waals surface area contributed by atoms with Crippen LogP contribution in [0, 0.1) is 13.8 Å². The number of piperidine rings is 1. The van der Waals surface area contributed by atoms with E-state index in [9.17, 15) is 4.79 Å². The van der Waals surface area contributed by atoms with Crippen molar-refractivity contribution in [2.45, 2.75) is 57.0 Å². The number of benzene rings is 1. The Morgan fingerprint density at radius 3 is 2.55 bits per heavy atom. The third-order valence-electron chi connectivity index (χ3n) is 5.61. The summed E-state index contributed by atoms with van der Waals surface area (Å²) in [4.78, 5) is 15.2. The summed E-state index contributed by atoms with van der Waals surface area (Å²) in [6.45, 7) is 8.41. The molecule has 0 saturated carbocycles. The van der Waals surface area contributed by atoms with Crippen molar-refractivity contribution < 1.29 is 9.21 Å². The largest absolute Gasteiger partial charge is 0.467 e. The standard InChI is InChI=1S/C23H29N5O2S/c1-16-9-7-10-17(2)20(16)24-21(29)18(3)31-23-26-25-22(27-12-5-4-6-13-27)28(23)15-19-11-8-14-30-19/h7-11,14,18H,4-6,12-13,15H2,1-3H3,(H,24,29). The predicted molar refractivity (Wildman–Crippen MR) is 124 cm³/mol. The fourth-order valence-corrected chi connectivity index (χ4v) is 4.68. The Kier molecular flexibility index (Phi) is 6.65. The number of nitrogens with one attached hydrogen (secondary N) is 1. The number of carbonyl (C=O) groups is 1. The molecular weight excluding hydrogens is 410 g/mol. The zero-order valence-corrected chi connectivity index (χ0v) is 19.1. The molecular formula is C23H29N5O2S. The fraction of sp³-hybridized carbons (Fsp3) is 0.435. The molecule has 4 rings (SSSR count). The van der Waals surface area contributed by atoms with E-state index in [2.05, 4.69) is 25.0 Å². The van der Waals surface area contributed by atoms with Gasteiger partial charge >= 0.3 is 0 Å². The Balaban J connectivity index is 1.54. The highest BCUT2D eigenvalue weighted by atomic mass is 32.2. The van der Waals surface area contributed by atoms with Crippen molar-refractivity contribution in [2.24, 2.45) is 0 Å². The molecule has 7 nitrogen and oxygen atoms in total. The quantitative estimate of drug-likeness (QED) is 0.540. The van der Waals surface area contributed by atoms with Gasteiger partial charge in [0.25, 0.3) is 0 Å². The fourth-order valence-electron chi connectivity index (χ4n) is 3.84. The van der Waals surface area contributed by atoms with Crippen molar-refractivity contribution in [3.05, 3.63) is 53.5 Å². The number of hydrogen-bond acceptors (Lipinski definition) is 6. The van der Waals surface area contributed by atoms with E-state index in [-0.39, 0.29) is 11.2 Å². The van der Waals surface area contributed by atoms with E-state index >= 15 is 0 Å². The molecule has 1 aliphatic heterocycles. The van der Waals surface area contributed by atoms with Gasteiger partial charge in [-0.1, -0.05) is 30.0 Å². The number of thioether (sulfide) groups is 1. The lowest BCUT2D eigenvalue weighted by molar-refractivity contribution is -0.115. The first-order valence-corrected chi connectivity index (χ1v) is 11.6. The summed E-state index contributed by atoms with van der Waals surface area (Å²) in [7, 11) is 0. The smallest absolute Gasteiger partial charge is 0.237 e. The lowest BCUT2D eigenvalue weighted by Crippen LogP contribution is -2.32. The summed E-state index contributed by atoms with van der Waals surface area (Å²) in [5.74, 6) is 1.64. The van der Waals surface area contributed by atoms with Gasteiger partial charge in [0.05, 0.1) is 18.1 Å². The molecule has 1 fully saturated rings. The molecule has 31 heavy (non-hydrogen) atoms. The number of nitrogens with zero attached hydrogens (tertiary/aromatic N) is 4. The number of carbonyl (C=O) groups excluding carboxylic acids is 1. The van der Waals surface area contributed by atoms with Crippen LogP contribution in [0.25, 0.3) is 0 Å². The molecule has 0 aliphatic carbocycles. The molecule has 1 saturated heterocycles. The number of anilines is 2. The van der Waals surface area contributed by atoms with Crippen LogP contribution in [0.1, 0.15) is 43.1 Å². The van der Waals surface area contributed by atoms with E-state index < -0.39 is 0 Å². The number of para-hydroxylation sites is 1. The second kappa shape index (κ2) is 9.60. The Bertz CT molecular complexity index is 1000. The lowest BCUT2D eigenvalue weighted by Gasteiger charge is -2.27. The van der Waals surface area contributed by atoms with E-state index in [1.54, 1.807) is 6.26 Å². The minimum Gasteiger partial charge on any atom is -0.467 e. The molecule has 2 aromatic heterocycles. The second-order valence-corrected chi connectivity index (χ2v) is 9.32. The van der Waals surface area contributed by atoms with E-state index in [1.165, 1.54) is 18.2 Å². The lowest BCUT2D eigenvalue weighted by atomic mass is 10.1. The van der Waals surface area contributed by atoms with Crippen LogP contribution in [-0.4, -0.2) is 39.0 Å². The van der Waals surface area contributed by atoms with Crippen LogP contribution in [0.4, 0.5) is 11.6 Å². The summed E-state index contributed by atoms with van der Waals surface area (Å²) in [5, 5.41) is 12.4. The van der Waals surface area contributed by atoms with Crippen LogP contribution in [-0.2, 0) is 11.3 Å². The first-order valence-electron chi connectivity index (χ1n) is 10.8. The van der Waals surface area contributed by atoms with Crippen molar-refractivity contribution in [3.8, 4) is 0 Å². The molecule has 1 N–H and O–H groups in total. The molecule has 0 radical (unpaired) electrons. The Labute approximate surface area is 187 Å². The molecule has 1 atom stereocenters. The topological polar surface area (TPSA) is 76.2 Å². The molecule has 3 aromatic rings. The van der Waals surface area contributed by atoms with Crippen LogP contribution in [0.15, 0.2) is 46.2 Å². The van der Waals surface area contributed by atoms with Crippen LogP contribution >= 0.6 is 11.8 Å². The Morgan fingerprint density at radius 2 is 1.87 bits per heavy atom. The van der Waals surface area contributed by atoms with Gasteiger partial charge in [-0.25, -0.2) is 0 Å². The number of hydrogen-bond donors (Lipinski definition) is 1. The third-order valence-corrected chi connectivity index (χ3v) is 6.69. The molecule has 164 valence electrons. The molecule has 0 spiro atoms. The minimum absolute atomic E-state index is 0.0468. The van der Waals surface area contributed by atoms with Gasteiger partial charge < -0.3 is 14.6 Å². The van der Waals surface area contributed by atoms with Crippen LogP contribution in [0.2, 0.25) is 0 Å². The monoisotopic (exact) mass is 439 g/mol. The SMILES string of the molecule is Cc1cccc(C)c1NC(=O)C(C)Sc1nnc(N2CCCCC2)n1Cc1ccco1. The summed E-state index contributed by atoms with van der Waals surface area (Å²) >= 11 is 1.42. The number of aromatic nitrogens is 3. The van der Waals surface area contributed by atoms with Gasteiger partial charge in [0.2, 0.25) is 11.9 Å². The van der Waals surface area contributed by atoms with Gasteiger partial charge in [0, 0.05) is 18.8 Å². The first-order chi connectivity index (χ1) is 15.0. The predicted octanol–water partition coefficient (Wildman–Crippen LogP) is 4.65. The Morgan fingerprint density at radius 1 is 1.13 bits per heavy atom. The number of furan rings is 1. The van der Waals surface area contributed by atoms with Gasteiger partial charge in [-0.3, -0.25) is 9.36 Å². The zero-order valence-electron chi connectivity index (χ0n) is 18.3. The summed E-state index contributed by atoms with van der Waals surface area (Å²) in [6, 6.07) is 9.84. The maximum Gasteiger partial charge on any atom is 0.237 e. The van der Waals surface area contributed by atoms with Crippen molar-refractivity contribution in [1.82, 2.24) is 14.8 Å². The highest BCUT2D eigenvalue weighted by Crippen LogP contribution is 2.29. The van der Waals surface area contributed by atoms with Crippen LogP contribution in [0.3, 0.4) is 0 Å². The van der Waals surface area contributed by atoms with Gasteiger partial charge in [0.1, 0.15) is 5.76 Å². The molecule has 1 aliphatic rings. The highest BCUT2D eigenvalue weighted by Gasteiger charge is 2.24. The van der Waals surface area contributed by atoms with Crippen molar-refractivity contribution >= 4 is 29.3 Å². The highest BCUT2D eigenvalue weighted by molar-refractivity contribution is 8.00. The molecule has 1 unspecified atom stereocenters. The maximum atomic E-state index is 12.9. The number of amides is 1.